The molecule has 2 rings (SSSR count). The van der Waals surface area contributed by atoms with Gasteiger partial charge in [0.05, 0.1) is 18.1 Å². The molecule has 0 heterocycles. The second-order valence-electron chi connectivity index (χ2n) is 5.61. The van der Waals surface area contributed by atoms with Crippen LogP contribution in [0.4, 0.5) is 5.69 Å². The molecule has 1 N–H and O–H groups in total. The highest BCUT2D eigenvalue weighted by molar-refractivity contribution is 5.43. The Hall–Kier alpha value is -2.44. The van der Waals surface area contributed by atoms with Gasteiger partial charge in [0, 0.05) is 24.2 Å². The van der Waals surface area contributed by atoms with E-state index in [4.69, 9.17) is 9.47 Å². The van der Waals surface area contributed by atoms with Crippen LogP contribution < -0.4 is 10.1 Å². The average molecular weight is 344 g/mol. The highest BCUT2D eigenvalue weighted by Crippen LogP contribution is 2.24. The number of hydrogen-bond donors (Lipinski definition) is 1. The number of hydrogen-bond acceptors (Lipinski definition) is 5. The summed E-state index contributed by atoms with van der Waals surface area (Å²) in [6.07, 6.45) is 0.998. The number of non-ortho nitro benzene ring substituents is 1. The van der Waals surface area contributed by atoms with E-state index in [1.165, 1.54) is 6.07 Å². The quantitative estimate of drug-likeness (QED) is 0.382. The smallest absolute Gasteiger partial charge is 0.270 e. The molecule has 0 aliphatic rings. The van der Waals surface area contributed by atoms with E-state index >= 15 is 0 Å². The number of nitro groups is 1. The molecule has 134 valence electrons. The van der Waals surface area contributed by atoms with Gasteiger partial charge >= 0.3 is 0 Å². The predicted octanol–water partition coefficient (Wildman–Crippen LogP) is 3.69. The molecule has 0 saturated carbocycles. The number of nitrogens with one attached hydrogen (secondary N) is 1. The third-order valence-electron chi connectivity index (χ3n) is 3.59. The van der Waals surface area contributed by atoms with Crippen molar-refractivity contribution in [3.63, 3.8) is 0 Å². The van der Waals surface area contributed by atoms with Gasteiger partial charge in [-0.05, 0) is 24.6 Å². The monoisotopic (exact) mass is 344 g/mol. The lowest BCUT2D eigenvalue weighted by Crippen LogP contribution is -2.15. The van der Waals surface area contributed by atoms with Gasteiger partial charge in [-0.1, -0.05) is 37.3 Å². The van der Waals surface area contributed by atoms with Crippen molar-refractivity contribution in [2.24, 2.45) is 0 Å². The lowest BCUT2D eigenvalue weighted by Gasteiger charge is -2.12. The largest absolute Gasteiger partial charge is 0.491 e. The molecule has 0 unspecified atom stereocenters. The maximum atomic E-state index is 11.0. The van der Waals surface area contributed by atoms with E-state index in [0.29, 0.717) is 32.1 Å². The van der Waals surface area contributed by atoms with Gasteiger partial charge in [0.1, 0.15) is 12.4 Å². The van der Waals surface area contributed by atoms with Crippen molar-refractivity contribution < 1.29 is 14.4 Å². The van der Waals surface area contributed by atoms with Crippen LogP contribution in [0.25, 0.3) is 0 Å². The highest BCUT2D eigenvalue weighted by Gasteiger charge is 2.11. The SMILES string of the molecule is CCCNCc1cc([N+](=O)[O-])ccc1OCCOCc1ccccc1. The minimum atomic E-state index is -0.393. The summed E-state index contributed by atoms with van der Waals surface area (Å²) >= 11 is 0. The van der Waals surface area contributed by atoms with E-state index < -0.39 is 4.92 Å². The first-order valence-electron chi connectivity index (χ1n) is 8.43. The van der Waals surface area contributed by atoms with E-state index in [1.54, 1.807) is 12.1 Å². The minimum Gasteiger partial charge on any atom is -0.491 e. The zero-order valence-corrected chi connectivity index (χ0v) is 14.4. The molecule has 0 spiro atoms. The van der Waals surface area contributed by atoms with E-state index in [2.05, 4.69) is 12.2 Å². The first kappa shape index (κ1) is 18.9. The number of nitro benzene ring substituents is 1. The van der Waals surface area contributed by atoms with Crippen LogP contribution in [0.2, 0.25) is 0 Å². The summed E-state index contributed by atoms with van der Waals surface area (Å²) in [6.45, 7) is 4.84. The minimum absolute atomic E-state index is 0.0703. The van der Waals surface area contributed by atoms with E-state index in [1.807, 2.05) is 30.3 Å². The molecule has 0 amide bonds. The number of nitrogens with zero attached hydrogens (tertiary/aromatic N) is 1. The summed E-state index contributed by atoms with van der Waals surface area (Å²) in [4.78, 5) is 10.6. The second kappa shape index (κ2) is 10.4. The molecular weight excluding hydrogens is 320 g/mol. The van der Waals surface area contributed by atoms with Crippen LogP contribution in [0, 0.1) is 10.1 Å². The Morgan fingerprint density at radius 3 is 2.64 bits per heavy atom. The van der Waals surface area contributed by atoms with Crippen LogP contribution in [-0.2, 0) is 17.9 Å². The Bertz CT molecular complexity index is 662. The van der Waals surface area contributed by atoms with Crippen LogP contribution >= 0.6 is 0 Å². The summed E-state index contributed by atoms with van der Waals surface area (Å²) in [5.74, 6) is 0.650. The first-order valence-corrected chi connectivity index (χ1v) is 8.43. The van der Waals surface area contributed by atoms with Crippen molar-refractivity contribution in [3.8, 4) is 5.75 Å². The Labute approximate surface area is 147 Å². The molecule has 0 aliphatic carbocycles. The normalized spacial score (nSPS) is 10.6. The van der Waals surface area contributed by atoms with E-state index in [-0.39, 0.29) is 5.69 Å². The summed E-state index contributed by atoms with van der Waals surface area (Å²) in [5, 5.41) is 14.2. The summed E-state index contributed by atoms with van der Waals surface area (Å²) in [7, 11) is 0. The molecule has 0 bridgehead atoms. The van der Waals surface area contributed by atoms with Crippen LogP contribution in [0.5, 0.6) is 5.75 Å². The maximum Gasteiger partial charge on any atom is 0.270 e. The molecule has 0 radical (unpaired) electrons. The number of rotatable bonds is 11. The highest BCUT2D eigenvalue weighted by atomic mass is 16.6. The predicted molar refractivity (Wildman–Crippen MR) is 96.7 cm³/mol. The molecule has 2 aromatic carbocycles. The lowest BCUT2D eigenvalue weighted by atomic mass is 10.1. The van der Waals surface area contributed by atoms with Gasteiger partial charge in [0.25, 0.3) is 5.69 Å². The molecule has 6 nitrogen and oxygen atoms in total. The topological polar surface area (TPSA) is 73.6 Å². The maximum absolute atomic E-state index is 11.0. The standard InChI is InChI=1S/C19H24N2O4/c1-2-10-20-14-17-13-18(21(22)23)8-9-19(17)25-12-11-24-15-16-6-4-3-5-7-16/h3-9,13,20H,2,10-12,14-15H2,1H3. The van der Waals surface area contributed by atoms with Gasteiger partial charge in [-0.2, -0.15) is 0 Å². The van der Waals surface area contributed by atoms with E-state index in [0.717, 1.165) is 24.1 Å². The van der Waals surface area contributed by atoms with Crippen molar-refractivity contribution >= 4 is 5.69 Å². The van der Waals surface area contributed by atoms with Gasteiger partial charge in [-0.15, -0.1) is 0 Å². The summed E-state index contributed by atoms with van der Waals surface area (Å²) in [6, 6.07) is 14.6. The van der Waals surface area contributed by atoms with Gasteiger partial charge < -0.3 is 14.8 Å². The first-order chi connectivity index (χ1) is 12.2. The Morgan fingerprint density at radius 1 is 1.12 bits per heavy atom. The molecule has 0 aromatic heterocycles. The van der Waals surface area contributed by atoms with Crippen LogP contribution in [0.1, 0.15) is 24.5 Å². The zero-order valence-electron chi connectivity index (χ0n) is 14.4. The number of benzene rings is 2. The van der Waals surface area contributed by atoms with Crippen molar-refractivity contribution in [2.45, 2.75) is 26.5 Å². The van der Waals surface area contributed by atoms with Gasteiger partial charge in [-0.25, -0.2) is 0 Å². The van der Waals surface area contributed by atoms with Gasteiger partial charge in [0.2, 0.25) is 0 Å². The fourth-order valence-corrected chi connectivity index (χ4v) is 2.33. The lowest BCUT2D eigenvalue weighted by molar-refractivity contribution is -0.384. The van der Waals surface area contributed by atoms with Crippen LogP contribution in [-0.4, -0.2) is 24.7 Å². The fourth-order valence-electron chi connectivity index (χ4n) is 2.33. The van der Waals surface area contributed by atoms with Crippen molar-refractivity contribution in [1.29, 1.82) is 0 Å². The molecule has 0 fully saturated rings. The molecule has 2 aromatic rings. The zero-order chi connectivity index (χ0) is 17.9. The summed E-state index contributed by atoms with van der Waals surface area (Å²) in [5.41, 5.74) is 1.97. The molecule has 6 heteroatoms. The van der Waals surface area contributed by atoms with Crippen molar-refractivity contribution in [2.75, 3.05) is 19.8 Å². The van der Waals surface area contributed by atoms with Crippen molar-refractivity contribution in [3.05, 3.63) is 69.8 Å². The molecule has 0 saturated heterocycles. The Morgan fingerprint density at radius 2 is 1.92 bits per heavy atom. The Kier molecular flexibility index (Phi) is 7.88. The van der Waals surface area contributed by atoms with Crippen LogP contribution in [0.3, 0.4) is 0 Å². The Balaban J connectivity index is 1.85. The van der Waals surface area contributed by atoms with E-state index in [9.17, 15) is 10.1 Å². The van der Waals surface area contributed by atoms with Crippen molar-refractivity contribution in [1.82, 2.24) is 5.32 Å². The van der Waals surface area contributed by atoms with Gasteiger partial charge in [-0.3, -0.25) is 10.1 Å². The average Bonchev–Trinajstić information content (AvgIpc) is 2.63. The summed E-state index contributed by atoms with van der Waals surface area (Å²) < 4.78 is 11.3. The fraction of sp³-hybridized carbons (Fsp3) is 0.368. The number of ether oxygens (including phenoxy) is 2. The second-order valence-corrected chi connectivity index (χ2v) is 5.61. The molecule has 0 atom stereocenters. The third-order valence-corrected chi connectivity index (χ3v) is 3.59. The molecular formula is C19H24N2O4. The molecule has 25 heavy (non-hydrogen) atoms. The van der Waals surface area contributed by atoms with Crippen LogP contribution in [0.15, 0.2) is 48.5 Å². The third kappa shape index (κ3) is 6.52. The van der Waals surface area contributed by atoms with Gasteiger partial charge in [0.15, 0.2) is 0 Å². The molecule has 0 aliphatic heterocycles.